The Morgan fingerprint density at radius 1 is 1.35 bits per heavy atom. The van der Waals surface area contributed by atoms with Crippen molar-refractivity contribution in [1.29, 1.82) is 0 Å². The van der Waals surface area contributed by atoms with Crippen LogP contribution < -0.4 is 15.0 Å². The second kappa shape index (κ2) is 9.55. The van der Waals surface area contributed by atoms with Gasteiger partial charge in [0.2, 0.25) is 5.91 Å². The number of ether oxygens (including phenoxy) is 1. The molecule has 0 aromatic carbocycles. The van der Waals surface area contributed by atoms with E-state index in [0.29, 0.717) is 17.3 Å². The number of pyridine rings is 1. The summed E-state index contributed by atoms with van der Waals surface area (Å²) in [4.78, 5) is 28.0. The number of likely N-dealkylation sites (N-methyl/N-ethyl adjacent to an activating group) is 1. The molecule has 0 bridgehead atoms. The van der Waals surface area contributed by atoms with Crippen molar-refractivity contribution in [2.75, 3.05) is 31.8 Å². The van der Waals surface area contributed by atoms with Crippen molar-refractivity contribution in [3.8, 4) is 17.3 Å². The van der Waals surface area contributed by atoms with Gasteiger partial charge in [0.05, 0.1) is 6.54 Å². The van der Waals surface area contributed by atoms with Crippen LogP contribution in [-0.4, -0.2) is 64.5 Å². The average Bonchev–Trinajstić information content (AvgIpc) is 3.18. The molecule has 168 valence electrons. The number of alkyl halides is 1. The zero-order valence-corrected chi connectivity index (χ0v) is 18.5. The first-order chi connectivity index (χ1) is 14.7. The predicted molar refractivity (Wildman–Crippen MR) is 116 cm³/mol. The number of amides is 1. The Balaban J connectivity index is 1.86. The summed E-state index contributed by atoms with van der Waals surface area (Å²) in [6, 6.07) is 3.30. The number of aryl methyl sites for hydroxylation is 1. The van der Waals surface area contributed by atoms with Gasteiger partial charge in [-0.05, 0) is 46.1 Å². The largest absolute Gasteiger partial charge is 0.491 e. The van der Waals surface area contributed by atoms with Crippen molar-refractivity contribution < 1.29 is 19.0 Å². The van der Waals surface area contributed by atoms with Crippen molar-refractivity contribution >= 4 is 11.7 Å². The number of nitrogens with one attached hydrogen (secondary N) is 1. The van der Waals surface area contributed by atoms with Crippen LogP contribution in [0.15, 0.2) is 18.3 Å². The Kier molecular flexibility index (Phi) is 7.04. The van der Waals surface area contributed by atoms with Crippen LogP contribution in [0.3, 0.4) is 0 Å². The Morgan fingerprint density at radius 2 is 2.13 bits per heavy atom. The first-order valence-corrected chi connectivity index (χ1v) is 10.4. The lowest BCUT2D eigenvalue weighted by molar-refractivity contribution is -0.121. The number of carbonyl (C=O) groups is 1. The van der Waals surface area contributed by atoms with Gasteiger partial charge >= 0.3 is 0 Å². The van der Waals surface area contributed by atoms with Gasteiger partial charge < -0.3 is 20.1 Å². The van der Waals surface area contributed by atoms with Crippen LogP contribution in [0.1, 0.15) is 38.4 Å². The molecule has 1 aliphatic carbocycles. The molecule has 1 atom stereocenters. The number of halogens is 1. The molecule has 0 fully saturated rings. The van der Waals surface area contributed by atoms with Gasteiger partial charge in [-0.25, -0.2) is 14.4 Å². The van der Waals surface area contributed by atoms with Crippen molar-refractivity contribution in [3.05, 3.63) is 29.6 Å². The minimum Gasteiger partial charge on any atom is -0.491 e. The monoisotopic (exact) mass is 431 g/mol. The molecule has 2 aromatic rings. The topological polar surface area (TPSA) is 100 Å². The molecule has 0 aliphatic heterocycles. The summed E-state index contributed by atoms with van der Waals surface area (Å²) in [5, 5.41) is 12.3. The fourth-order valence-electron chi connectivity index (χ4n) is 3.45. The van der Waals surface area contributed by atoms with Crippen LogP contribution in [0.25, 0.3) is 11.5 Å². The van der Waals surface area contributed by atoms with E-state index in [0.717, 1.165) is 36.3 Å². The maximum absolute atomic E-state index is 12.5. The highest BCUT2D eigenvalue weighted by Gasteiger charge is 2.24. The van der Waals surface area contributed by atoms with Crippen molar-refractivity contribution in [1.82, 2.24) is 20.3 Å². The third-order valence-electron chi connectivity index (χ3n) is 4.75. The molecule has 0 saturated heterocycles. The van der Waals surface area contributed by atoms with E-state index >= 15 is 0 Å². The molecule has 0 saturated carbocycles. The summed E-state index contributed by atoms with van der Waals surface area (Å²) >= 11 is 0. The van der Waals surface area contributed by atoms with Gasteiger partial charge in [-0.1, -0.05) is 0 Å². The van der Waals surface area contributed by atoms with E-state index in [1.165, 1.54) is 0 Å². The lowest BCUT2D eigenvalue weighted by Gasteiger charge is -2.25. The molecular formula is C22H30FN5O3. The van der Waals surface area contributed by atoms with Crippen LogP contribution in [-0.2, 0) is 17.6 Å². The Labute approximate surface area is 181 Å². The van der Waals surface area contributed by atoms with Gasteiger partial charge in [0.15, 0.2) is 5.82 Å². The summed E-state index contributed by atoms with van der Waals surface area (Å²) < 4.78 is 17.9. The van der Waals surface area contributed by atoms with Crippen LogP contribution >= 0.6 is 0 Å². The number of hydrogen-bond acceptors (Lipinski definition) is 7. The van der Waals surface area contributed by atoms with E-state index in [9.17, 15) is 14.3 Å². The van der Waals surface area contributed by atoms with Gasteiger partial charge in [-0.2, -0.15) is 0 Å². The van der Waals surface area contributed by atoms with Gasteiger partial charge in [-0.3, -0.25) is 9.78 Å². The van der Waals surface area contributed by atoms with E-state index in [4.69, 9.17) is 14.7 Å². The molecular weight excluding hydrogens is 401 g/mol. The second-order valence-corrected chi connectivity index (χ2v) is 8.80. The number of fused-ring (bicyclic) bond motifs is 1. The molecule has 0 spiro atoms. The van der Waals surface area contributed by atoms with Gasteiger partial charge in [-0.15, -0.1) is 0 Å². The van der Waals surface area contributed by atoms with Crippen LogP contribution in [0.4, 0.5) is 10.2 Å². The summed E-state index contributed by atoms with van der Waals surface area (Å²) in [6.07, 6.45) is 3.09. The van der Waals surface area contributed by atoms with Gasteiger partial charge in [0, 0.05) is 36.1 Å². The number of aromatic nitrogens is 3. The summed E-state index contributed by atoms with van der Waals surface area (Å²) in [6.45, 7) is 4.99. The lowest BCUT2D eigenvalue weighted by atomic mass is 10.1. The normalized spacial score (nSPS) is 14.1. The highest BCUT2D eigenvalue weighted by molar-refractivity contribution is 5.82. The molecule has 2 aromatic heterocycles. The maximum atomic E-state index is 12.5. The zero-order valence-electron chi connectivity index (χ0n) is 18.5. The van der Waals surface area contributed by atoms with E-state index in [1.807, 2.05) is 32.7 Å². The number of rotatable bonds is 8. The van der Waals surface area contributed by atoms with E-state index in [2.05, 4.69) is 10.3 Å². The van der Waals surface area contributed by atoms with E-state index < -0.39 is 12.8 Å². The van der Waals surface area contributed by atoms with Crippen LogP contribution in [0.5, 0.6) is 5.75 Å². The second-order valence-electron chi connectivity index (χ2n) is 8.80. The maximum Gasteiger partial charge on any atom is 0.239 e. The minimum atomic E-state index is -1.17. The first kappa shape index (κ1) is 22.9. The Morgan fingerprint density at radius 3 is 2.84 bits per heavy atom. The molecule has 0 radical (unpaired) electrons. The Bertz CT molecular complexity index is 932. The SMILES string of the molecule is CN(CC(=O)NC(C)(C)C)c1nc(-c2cc(OCC(O)CF)ccn2)nc2c1CCC2. The fourth-order valence-corrected chi connectivity index (χ4v) is 3.45. The van der Waals surface area contributed by atoms with Crippen LogP contribution in [0, 0.1) is 0 Å². The molecule has 1 aliphatic rings. The Hall–Kier alpha value is -2.81. The molecule has 2 heterocycles. The lowest BCUT2D eigenvalue weighted by Crippen LogP contribution is -2.45. The van der Waals surface area contributed by atoms with Crippen LogP contribution in [0.2, 0.25) is 0 Å². The predicted octanol–water partition coefficient (Wildman–Crippen LogP) is 2.09. The van der Waals surface area contributed by atoms with Gasteiger partial charge in [0.25, 0.3) is 0 Å². The highest BCUT2D eigenvalue weighted by atomic mass is 19.1. The molecule has 31 heavy (non-hydrogen) atoms. The van der Waals surface area contributed by atoms with E-state index in [1.54, 1.807) is 18.3 Å². The molecule has 1 unspecified atom stereocenters. The van der Waals surface area contributed by atoms with E-state index in [-0.39, 0.29) is 24.6 Å². The number of nitrogens with zero attached hydrogens (tertiary/aromatic N) is 4. The fraction of sp³-hybridized carbons (Fsp3) is 0.545. The van der Waals surface area contributed by atoms with Crippen molar-refractivity contribution in [2.45, 2.75) is 51.7 Å². The number of aliphatic hydroxyl groups is 1. The minimum absolute atomic E-state index is 0.0816. The third-order valence-corrected chi connectivity index (χ3v) is 4.75. The summed E-state index contributed by atoms with van der Waals surface area (Å²) in [5.41, 5.74) is 2.23. The standard InChI is InChI=1S/C22H30FN5O3/c1-22(2,3)27-19(30)12-28(4)21-16-6-5-7-17(16)25-20(26-21)18-10-15(8-9-24-18)31-13-14(29)11-23/h8-10,14,29H,5-7,11-13H2,1-4H3,(H,27,30). The van der Waals surface area contributed by atoms with Crippen molar-refractivity contribution in [3.63, 3.8) is 0 Å². The zero-order chi connectivity index (χ0) is 22.6. The molecule has 1 amide bonds. The number of aliphatic hydroxyl groups excluding tert-OH is 1. The number of anilines is 1. The van der Waals surface area contributed by atoms with Gasteiger partial charge in [0.1, 0.15) is 36.6 Å². The molecule has 2 N–H and O–H groups in total. The number of carbonyl (C=O) groups excluding carboxylic acids is 1. The molecule has 9 heteroatoms. The first-order valence-electron chi connectivity index (χ1n) is 10.4. The highest BCUT2D eigenvalue weighted by Crippen LogP contribution is 2.31. The third kappa shape index (κ3) is 6.10. The molecule has 8 nitrogen and oxygen atoms in total. The average molecular weight is 432 g/mol. The smallest absolute Gasteiger partial charge is 0.239 e. The summed E-state index contributed by atoms with van der Waals surface area (Å²) in [5.74, 6) is 1.53. The number of hydrogen-bond donors (Lipinski definition) is 2. The quantitative estimate of drug-likeness (QED) is 0.660. The van der Waals surface area contributed by atoms with Crippen molar-refractivity contribution in [2.24, 2.45) is 0 Å². The summed E-state index contributed by atoms with van der Waals surface area (Å²) in [7, 11) is 1.85. The molecule has 3 rings (SSSR count).